The second-order valence-electron chi connectivity index (χ2n) is 7.63. The number of aromatic nitrogens is 3. The predicted molar refractivity (Wildman–Crippen MR) is 115 cm³/mol. The lowest BCUT2D eigenvalue weighted by Gasteiger charge is -2.23. The fraction of sp³-hybridized carbons (Fsp3) is 0.333. The first kappa shape index (κ1) is 22.1. The topological polar surface area (TPSA) is 77.2 Å². The van der Waals surface area contributed by atoms with Crippen LogP contribution in [0.1, 0.15) is 29.4 Å². The normalized spacial score (nSPS) is 16.7. The maximum Gasteiger partial charge on any atom is 0.416 e. The summed E-state index contributed by atoms with van der Waals surface area (Å²) in [5.74, 6) is -0.602. The SMILES string of the molecule is CC1CCN(C(=O)c2ccc3c(=O)n(C)c(=O)n(C)c3n2)c2cc(C(F)(F)F)ccc2S1. The van der Waals surface area contributed by atoms with Crippen LogP contribution in [0.4, 0.5) is 18.9 Å². The number of pyridine rings is 1. The molecule has 0 spiro atoms. The number of alkyl halides is 3. The van der Waals surface area contributed by atoms with E-state index in [2.05, 4.69) is 4.98 Å². The molecule has 1 unspecified atom stereocenters. The van der Waals surface area contributed by atoms with Gasteiger partial charge in [-0.2, -0.15) is 13.2 Å². The Bertz CT molecular complexity index is 1360. The van der Waals surface area contributed by atoms with E-state index in [-0.39, 0.29) is 34.2 Å². The summed E-state index contributed by atoms with van der Waals surface area (Å²) < 4.78 is 42.1. The van der Waals surface area contributed by atoms with Gasteiger partial charge in [0.05, 0.1) is 16.6 Å². The third kappa shape index (κ3) is 3.70. The average Bonchev–Trinajstić information content (AvgIpc) is 2.92. The van der Waals surface area contributed by atoms with Gasteiger partial charge in [0, 0.05) is 30.8 Å². The second kappa shape index (κ2) is 7.80. The molecule has 3 aromatic rings. The monoisotopic (exact) mass is 464 g/mol. The summed E-state index contributed by atoms with van der Waals surface area (Å²) in [6.45, 7) is 2.15. The Morgan fingerprint density at radius 3 is 2.53 bits per heavy atom. The third-order valence-corrected chi connectivity index (χ3v) is 6.67. The van der Waals surface area contributed by atoms with Crippen LogP contribution in [0.3, 0.4) is 0 Å². The quantitative estimate of drug-likeness (QED) is 0.553. The number of amides is 1. The van der Waals surface area contributed by atoms with Crippen molar-refractivity contribution in [1.29, 1.82) is 0 Å². The number of halogens is 3. The molecule has 1 aromatic carbocycles. The van der Waals surface area contributed by atoms with Crippen molar-refractivity contribution in [2.24, 2.45) is 14.1 Å². The Balaban J connectivity index is 1.85. The lowest BCUT2D eigenvalue weighted by Crippen LogP contribution is -2.38. The van der Waals surface area contributed by atoms with E-state index in [1.54, 1.807) is 0 Å². The molecule has 1 amide bonds. The summed E-state index contributed by atoms with van der Waals surface area (Å²) in [6.07, 6.45) is -3.98. The van der Waals surface area contributed by atoms with Crippen molar-refractivity contribution in [3.63, 3.8) is 0 Å². The third-order valence-electron chi connectivity index (χ3n) is 5.43. The minimum absolute atomic E-state index is 0.0331. The highest BCUT2D eigenvalue weighted by Gasteiger charge is 2.34. The Kier molecular flexibility index (Phi) is 5.40. The first-order valence-corrected chi connectivity index (χ1v) is 10.6. The molecule has 2 aromatic heterocycles. The van der Waals surface area contributed by atoms with Crippen LogP contribution in [0.5, 0.6) is 0 Å². The maximum atomic E-state index is 13.4. The van der Waals surface area contributed by atoms with Crippen LogP contribution < -0.4 is 16.1 Å². The van der Waals surface area contributed by atoms with Gasteiger partial charge in [-0.05, 0) is 36.8 Å². The largest absolute Gasteiger partial charge is 0.416 e. The lowest BCUT2D eigenvalue weighted by molar-refractivity contribution is -0.137. The van der Waals surface area contributed by atoms with E-state index >= 15 is 0 Å². The van der Waals surface area contributed by atoms with Gasteiger partial charge in [0.1, 0.15) is 11.3 Å². The molecule has 0 N–H and O–H groups in total. The van der Waals surface area contributed by atoms with E-state index in [4.69, 9.17) is 0 Å². The van der Waals surface area contributed by atoms with E-state index in [0.717, 1.165) is 21.3 Å². The first-order valence-electron chi connectivity index (χ1n) is 9.75. The summed E-state index contributed by atoms with van der Waals surface area (Å²) in [6, 6.07) is 6.12. The van der Waals surface area contributed by atoms with Crippen molar-refractivity contribution in [3.05, 3.63) is 62.4 Å². The molecule has 1 atom stereocenters. The number of carbonyl (C=O) groups excluding carboxylic acids is 1. The summed E-state index contributed by atoms with van der Waals surface area (Å²) in [5, 5.41) is 0.252. The highest BCUT2D eigenvalue weighted by atomic mass is 32.2. The molecular weight excluding hydrogens is 445 g/mol. The molecule has 0 fully saturated rings. The molecule has 0 aliphatic carbocycles. The van der Waals surface area contributed by atoms with Crippen LogP contribution in [0.2, 0.25) is 0 Å². The molecule has 1 aliphatic rings. The van der Waals surface area contributed by atoms with Gasteiger partial charge in [-0.1, -0.05) is 6.92 Å². The Morgan fingerprint density at radius 1 is 1.12 bits per heavy atom. The fourth-order valence-electron chi connectivity index (χ4n) is 3.63. The van der Waals surface area contributed by atoms with Gasteiger partial charge in [-0.3, -0.25) is 18.7 Å². The number of thioether (sulfide) groups is 1. The van der Waals surface area contributed by atoms with Crippen LogP contribution in [0.25, 0.3) is 11.0 Å². The van der Waals surface area contributed by atoms with E-state index in [9.17, 15) is 27.6 Å². The van der Waals surface area contributed by atoms with Gasteiger partial charge in [-0.25, -0.2) is 9.78 Å². The van der Waals surface area contributed by atoms with Gasteiger partial charge in [-0.15, -0.1) is 11.8 Å². The van der Waals surface area contributed by atoms with Crippen molar-refractivity contribution >= 4 is 34.4 Å². The molecule has 0 saturated heterocycles. The Morgan fingerprint density at radius 2 is 1.84 bits per heavy atom. The van der Waals surface area contributed by atoms with Crippen molar-refractivity contribution in [2.75, 3.05) is 11.4 Å². The fourth-order valence-corrected chi connectivity index (χ4v) is 4.73. The van der Waals surface area contributed by atoms with Crippen LogP contribution in [0.15, 0.2) is 44.8 Å². The summed E-state index contributed by atoms with van der Waals surface area (Å²) in [5.41, 5.74) is -1.86. The molecule has 0 saturated carbocycles. The molecule has 1 aliphatic heterocycles. The zero-order valence-electron chi connectivity index (χ0n) is 17.4. The molecule has 32 heavy (non-hydrogen) atoms. The van der Waals surface area contributed by atoms with E-state index in [1.807, 2.05) is 6.92 Å². The molecule has 7 nitrogen and oxygen atoms in total. The standard InChI is InChI=1S/C21H19F3N4O3S/c1-11-8-9-28(15-10-12(21(22,23)24)4-7-16(15)32-11)19(30)14-6-5-13-17(25-14)26(2)20(31)27(3)18(13)29/h4-7,10-11H,8-9H2,1-3H3. The van der Waals surface area contributed by atoms with Crippen LogP contribution in [-0.4, -0.2) is 31.8 Å². The molecule has 3 heterocycles. The Hall–Kier alpha value is -3.08. The summed E-state index contributed by atoms with van der Waals surface area (Å²) in [7, 11) is 2.77. The van der Waals surface area contributed by atoms with E-state index in [0.29, 0.717) is 11.3 Å². The number of hydrogen-bond donors (Lipinski definition) is 0. The number of aryl methyl sites for hydroxylation is 1. The van der Waals surface area contributed by atoms with Crippen LogP contribution in [-0.2, 0) is 20.3 Å². The number of anilines is 1. The number of rotatable bonds is 1. The number of nitrogens with zero attached hydrogens (tertiary/aromatic N) is 4. The minimum atomic E-state index is -4.55. The lowest BCUT2D eigenvalue weighted by atomic mass is 10.1. The highest BCUT2D eigenvalue weighted by Crippen LogP contribution is 2.41. The van der Waals surface area contributed by atoms with Crippen molar-refractivity contribution in [2.45, 2.75) is 29.7 Å². The second-order valence-corrected chi connectivity index (χ2v) is 9.11. The van der Waals surface area contributed by atoms with Gasteiger partial charge >= 0.3 is 11.9 Å². The van der Waals surface area contributed by atoms with Crippen LogP contribution >= 0.6 is 11.8 Å². The summed E-state index contributed by atoms with van der Waals surface area (Å²) >= 11 is 1.41. The molecule has 11 heteroatoms. The van der Waals surface area contributed by atoms with Crippen LogP contribution in [0, 0.1) is 0 Å². The molecule has 0 radical (unpaired) electrons. The van der Waals surface area contributed by atoms with Gasteiger partial charge in [0.2, 0.25) is 0 Å². The Labute approximate surface area is 184 Å². The van der Waals surface area contributed by atoms with Gasteiger partial charge in [0.25, 0.3) is 11.5 Å². The van der Waals surface area contributed by atoms with Crippen molar-refractivity contribution in [1.82, 2.24) is 14.1 Å². The van der Waals surface area contributed by atoms with Crippen molar-refractivity contribution in [3.8, 4) is 0 Å². The van der Waals surface area contributed by atoms with Gasteiger partial charge < -0.3 is 4.90 Å². The molecule has 0 bridgehead atoms. The van der Waals surface area contributed by atoms with Crippen molar-refractivity contribution < 1.29 is 18.0 Å². The first-order chi connectivity index (χ1) is 15.0. The van der Waals surface area contributed by atoms with E-state index < -0.39 is 28.9 Å². The smallest absolute Gasteiger partial charge is 0.306 e. The molecular formula is C21H19F3N4O3S. The number of hydrogen-bond acceptors (Lipinski definition) is 5. The molecule has 4 rings (SSSR count). The average molecular weight is 464 g/mol. The summed E-state index contributed by atoms with van der Waals surface area (Å²) in [4.78, 5) is 44.1. The number of fused-ring (bicyclic) bond motifs is 2. The maximum absolute atomic E-state index is 13.4. The zero-order chi connectivity index (χ0) is 23.4. The predicted octanol–water partition coefficient (Wildman–Crippen LogP) is 3.18. The highest BCUT2D eigenvalue weighted by molar-refractivity contribution is 8.00. The minimum Gasteiger partial charge on any atom is -0.306 e. The molecule has 168 valence electrons. The number of carbonyl (C=O) groups is 1. The zero-order valence-corrected chi connectivity index (χ0v) is 18.3. The van der Waals surface area contributed by atoms with Gasteiger partial charge in [0.15, 0.2) is 0 Å². The number of benzene rings is 1. The van der Waals surface area contributed by atoms with E-state index in [1.165, 1.54) is 49.0 Å².